The molecule has 178 valence electrons. The summed E-state index contributed by atoms with van der Waals surface area (Å²) in [6.45, 7) is 4.38. The van der Waals surface area contributed by atoms with Gasteiger partial charge in [-0.2, -0.15) is 0 Å². The van der Waals surface area contributed by atoms with Crippen molar-refractivity contribution in [1.29, 1.82) is 0 Å². The van der Waals surface area contributed by atoms with E-state index >= 15 is 0 Å². The zero-order valence-electron chi connectivity index (χ0n) is 19.1. The molecule has 1 N–H and O–H groups in total. The Bertz CT molecular complexity index is 888. The summed E-state index contributed by atoms with van der Waals surface area (Å²) in [4.78, 5) is 14.3. The summed E-state index contributed by atoms with van der Waals surface area (Å²) in [5.41, 5.74) is 1.31. The van der Waals surface area contributed by atoms with E-state index in [-0.39, 0.29) is 5.91 Å². The van der Waals surface area contributed by atoms with Crippen molar-refractivity contribution >= 4 is 15.7 Å². The minimum absolute atomic E-state index is 0.334. The maximum atomic E-state index is 11.7. The predicted molar refractivity (Wildman–Crippen MR) is 124 cm³/mol. The van der Waals surface area contributed by atoms with Gasteiger partial charge in [0.25, 0.3) is 0 Å². The number of para-hydroxylation sites is 1. The molecule has 1 amide bonds. The molecule has 32 heavy (non-hydrogen) atoms. The number of likely N-dealkylation sites (tertiary alicyclic amines) is 1. The van der Waals surface area contributed by atoms with Gasteiger partial charge in [-0.25, -0.2) is 8.42 Å². The highest BCUT2D eigenvalue weighted by Crippen LogP contribution is 2.42. The molecule has 1 saturated heterocycles. The van der Waals surface area contributed by atoms with Gasteiger partial charge in [-0.15, -0.1) is 0 Å². The second kappa shape index (κ2) is 10.4. The van der Waals surface area contributed by atoms with Crippen molar-refractivity contribution in [2.75, 3.05) is 45.0 Å². The molecule has 1 aromatic rings. The van der Waals surface area contributed by atoms with Crippen LogP contribution in [0.1, 0.15) is 56.4 Å². The molecule has 1 aromatic carbocycles. The van der Waals surface area contributed by atoms with Gasteiger partial charge < -0.3 is 19.7 Å². The molecular weight excluding hydrogens is 428 g/mol. The summed E-state index contributed by atoms with van der Waals surface area (Å²) < 4.78 is 33.6. The summed E-state index contributed by atoms with van der Waals surface area (Å²) in [6, 6.07) is 6.25. The Labute approximate surface area is 191 Å². The normalized spacial score (nSPS) is 24.4. The van der Waals surface area contributed by atoms with Crippen molar-refractivity contribution in [3.63, 3.8) is 0 Å². The van der Waals surface area contributed by atoms with Crippen molar-refractivity contribution in [2.45, 2.75) is 50.9 Å². The van der Waals surface area contributed by atoms with Crippen LogP contribution in [0.2, 0.25) is 0 Å². The number of rotatable bonds is 8. The molecule has 7 nitrogen and oxygen atoms in total. The quantitative estimate of drug-likeness (QED) is 0.637. The molecule has 0 bridgehead atoms. The lowest BCUT2D eigenvalue weighted by molar-refractivity contribution is -0.118. The largest absolute Gasteiger partial charge is 0.454 e. The molecule has 3 aliphatic rings. The first-order chi connectivity index (χ1) is 15.4. The molecule has 0 aromatic heterocycles. The highest BCUT2D eigenvalue weighted by Gasteiger charge is 2.28. The van der Waals surface area contributed by atoms with E-state index in [1.54, 1.807) is 0 Å². The first-order valence-electron chi connectivity index (χ1n) is 11.9. The zero-order valence-corrected chi connectivity index (χ0v) is 19.9. The molecule has 0 radical (unpaired) electrons. The Morgan fingerprint density at radius 1 is 1.06 bits per heavy atom. The van der Waals surface area contributed by atoms with Gasteiger partial charge in [-0.1, -0.05) is 25.0 Å². The van der Waals surface area contributed by atoms with Crippen LogP contribution in [0.3, 0.4) is 0 Å². The Hall–Kier alpha value is -1.80. The minimum Gasteiger partial charge on any atom is -0.454 e. The molecule has 2 aliphatic heterocycles. The molecule has 1 saturated carbocycles. The molecule has 0 spiro atoms. The number of ether oxygens (including phenoxy) is 2. The molecule has 2 heterocycles. The van der Waals surface area contributed by atoms with E-state index in [0.29, 0.717) is 25.2 Å². The number of fused-ring (bicyclic) bond motifs is 1. The van der Waals surface area contributed by atoms with Gasteiger partial charge in [-0.05, 0) is 75.6 Å². The SMILES string of the molecule is CS(=O)(=O)CC(=O)NCC1CCC(CCN2CCC(c3cccc4c3OCO4)CC2)CC1. The predicted octanol–water partition coefficient (Wildman–Crippen LogP) is 2.95. The Morgan fingerprint density at radius 3 is 2.50 bits per heavy atom. The van der Waals surface area contributed by atoms with Crippen molar-refractivity contribution in [3.8, 4) is 11.5 Å². The molecule has 4 rings (SSSR count). The summed E-state index contributed by atoms with van der Waals surface area (Å²) in [6.07, 6.45) is 9.32. The zero-order chi connectivity index (χ0) is 22.6. The van der Waals surface area contributed by atoms with Gasteiger partial charge in [0.15, 0.2) is 21.3 Å². The summed E-state index contributed by atoms with van der Waals surface area (Å²) in [5, 5.41) is 2.80. The fourth-order valence-corrected chi connectivity index (χ4v) is 5.96. The number of nitrogens with zero attached hydrogens (tertiary/aromatic N) is 1. The summed E-state index contributed by atoms with van der Waals surface area (Å²) in [7, 11) is -3.25. The lowest BCUT2D eigenvalue weighted by Crippen LogP contribution is -2.36. The van der Waals surface area contributed by atoms with Gasteiger partial charge in [0.2, 0.25) is 12.7 Å². The monoisotopic (exact) mass is 464 g/mol. The third-order valence-corrected chi connectivity index (χ3v) is 8.04. The van der Waals surface area contributed by atoms with Crippen molar-refractivity contribution in [1.82, 2.24) is 10.2 Å². The maximum absolute atomic E-state index is 11.7. The van der Waals surface area contributed by atoms with Crippen LogP contribution in [0, 0.1) is 11.8 Å². The number of benzene rings is 1. The third kappa shape index (κ3) is 6.38. The number of hydrogen-bond acceptors (Lipinski definition) is 6. The van der Waals surface area contributed by atoms with E-state index in [1.165, 1.54) is 44.2 Å². The van der Waals surface area contributed by atoms with Gasteiger partial charge in [0.05, 0.1) is 0 Å². The lowest BCUT2D eigenvalue weighted by Gasteiger charge is -2.34. The summed E-state index contributed by atoms with van der Waals surface area (Å²) >= 11 is 0. The van der Waals surface area contributed by atoms with E-state index in [0.717, 1.165) is 49.6 Å². The molecule has 1 aliphatic carbocycles. The Morgan fingerprint density at radius 2 is 1.78 bits per heavy atom. The molecule has 0 atom stereocenters. The molecule has 2 fully saturated rings. The van der Waals surface area contributed by atoms with E-state index in [2.05, 4.69) is 22.3 Å². The number of amides is 1. The number of nitrogens with one attached hydrogen (secondary N) is 1. The number of sulfone groups is 1. The third-order valence-electron chi connectivity index (χ3n) is 7.26. The number of carbonyl (C=O) groups excluding carboxylic acids is 1. The molecule has 0 unspecified atom stereocenters. The fraction of sp³-hybridized carbons (Fsp3) is 0.708. The van der Waals surface area contributed by atoms with Gasteiger partial charge in [0.1, 0.15) is 5.75 Å². The average molecular weight is 465 g/mol. The molecular formula is C24H36N2O5S. The summed E-state index contributed by atoms with van der Waals surface area (Å²) in [5.74, 6) is 2.84. The lowest BCUT2D eigenvalue weighted by atomic mass is 9.80. The van der Waals surface area contributed by atoms with Crippen molar-refractivity contribution in [2.24, 2.45) is 11.8 Å². The second-order valence-corrected chi connectivity index (χ2v) is 11.9. The van der Waals surface area contributed by atoms with E-state index < -0.39 is 15.6 Å². The topological polar surface area (TPSA) is 84.9 Å². The first kappa shape index (κ1) is 23.4. The highest BCUT2D eigenvalue weighted by molar-refractivity contribution is 7.91. The second-order valence-electron chi connectivity index (χ2n) is 9.75. The van der Waals surface area contributed by atoms with Crippen LogP contribution in [-0.4, -0.2) is 64.2 Å². The van der Waals surface area contributed by atoms with Crippen LogP contribution in [0.5, 0.6) is 11.5 Å². The van der Waals surface area contributed by atoms with E-state index in [1.807, 2.05) is 6.07 Å². The highest BCUT2D eigenvalue weighted by atomic mass is 32.2. The van der Waals surface area contributed by atoms with Gasteiger partial charge in [-0.3, -0.25) is 4.79 Å². The number of carbonyl (C=O) groups is 1. The van der Waals surface area contributed by atoms with E-state index in [4.69, 9.17) is 9.47 Å². The smallest absolute Gasteiger partial charge is 0.235 e. The Kier molecular flexibility index (Phi) is 7.61. The average Bonchev–Trinajstić information content (AvgIpc) is 3.25. The van der Waals surface area contributed by atoms with Crippen LogP contribution in [-0.2, 0) is 14.6 Å². The maximum Gasteiger partial charge on any atom is 0.235 e. The Balaban J connectivity index is 1.12. The van der Waals surface area contributed by atoms with Crippen LogP contribution < -0.4 is 14.8 Å². The standard InChI is InChI=1S/C24H36N2O5S/c1-32(28,29)16-23(27)25-15-19-7-5-18(6-8-19)9-12-26-13-10-20(11-14-26)21-3-2-4-22-24(21)31-17-30-22/h2-4,18-20H,5-17H2,1H3,(H,25,27). The van der Waals surface area contributed by atoms with Gasteiger partial charge in [0, 0.05) is 18.4 Å². The van der Waals surface area contributed by atoms with Gasteiger partial charge >= 0.3 is 0 Å². The van der Waals surface area contributed by atoms with Crippen LogP contribution in [0.25, 0.3) is 0 Å². The fourth-order valence-electron chi connectivity index (χ4n) is 5.38. The van der Waals surface area contributed by atoms with Crippen LogP contribution >= 0.6 is 0 Å². The number of hydrogen-bond donors (Lipinski definition) is 1. The van der Waals surface area contributed by atoms with Crippen molar-refractivity contribution in [3.05, 3.63) is 23.8 Å². The van der Waals surface area contributed by atoms with E-state index in [9.17, 15) is 13.2 Å². The van der Waals surface area contributed by atoms with Crippen molar-refractivity contribution < 1.29 is 22.7 Å². The first-order valence-corrected chi connectivity index (χ1v) is 14.0. The number of piperidine rings is 1. The minimum atomic E-state index is -3.25. The van der Waals surface area contributed by atoms with Crippen LogP contribution in [0.4, 0.5) is 0 Å². The molecule has 8 heteroatoms. The van der Waals surface area contributed by atoms with Crippen LogP contribution in [0.15, 0.2) is 18.2 Å².